The van der Waals surface area contributed by atoms with Crippen LogP contribution in [-0.2, 0) is 4.79 Å². The molecule has 0 radical (unpaired) electrons. The van der Waals surface area contributed by atoms with Crippen LogP contribution in [0.2, 0.25) is 0 Å². The fourth-order valence-electron chi connectivity index (χ4n) is 2.05. The molecule has 21 heavy (non-hydrogen) atoms. The maximum absolute atomic E-state index is 12.3. The smallest absolute Gasteiger partial charge is 0.261 e. The first-order valence-electron chi connectivity index (χ1n) is 7.41. The first kappa shape index (κ1) is 16.0. The molecule has 4 nitrogen and oxygen atoms in total. The van der Waals surface area contributed by atoms with E-state index in [1.54, 1.807) is 0 Å². The molecule has 1 fully saturated rings. The standard InChI is InChI=1S/C16H24N2O2S/c1-9-8-12(18-15(20)16(3,4)5)21-13(9)14(19)17-10(2)11-6-7-11/h8,10-11H,6-7H2,1-5H3,(H,17,19)(H,18,20). The lowest BCUT2D eigenvalue weighted by Gasteiger charge is -2.16. The Morgan fingerprint density at radius 2 is 1.95 bits per heavy atom. The van der Waals surface area contributed by atoms with Gasteiger partial charge in [-0.15, -0.1) is 11.3 Å². The van der Waals surface area contributed by atoms with Crippen molar-refractivity contribution in [1.29, 1.82) is 0 Å². The Morgan fingerprint density at radius 1 is 1.33 bits per heavy atom. The molecule has 0 aliphatic heterocycles. The van der Waals surface area contributed by atoms with Gasteiger partial charge in [0.1, 0.15) is 0 Å². The van der Waals surface area contributed by atoms with Crippen molar-refractivity contribution in [3.63, 3.8) is 0 Å². The molecule has 2 N–H and O–H groups in total. The minimum atomic E-state index is -0.444. The topological polar surface area (TPSA) is 58.2 Å². The predicted octanol–water partition coefficient (Wildman–Crippen LogP) is 3.57. The third-order valence-electron chi connectivity index (χ3n) is 3.73. The summed E-state index contributed by atoms with van der Waals surface area (Å²) >= 11 is 1.34. The summed E-state index contributed by atoms with van der Waals surface area (Å²) in [6.45, 7) is 9.57. The Kier molecular flexibility index (Phi) is 4.42. The second kappa shape index (κ2) is 5.79. The SMILES string of the molecule is Cc1cc(NC(=O)C(C)(C)C)sc1C(=O)NC(C)C1CC1. The fraction of sp³-hybridized carbons (Fsp3) is 0.625. The molecule has 1 aliphatic carbocycles. The summed E-state index contributed by atoms with van der Waals surface area (Å²) in [5, 5.41) is 6.67. The average Bonchev–Trinajstić information content (AvgIpc) is 3.13. The zero-order valence-electron chi connectivity index (χ0n) is 13.4. The highest BCUT2D eigenvalue weighted by Gasteiger charge is 2.30. The Labute approximate surface area is 130 Å². The molecule has 0 bridgehead atoms. The van der Waals surface area contributed by atoms with E-state index in [0.717, 1.165) is 10.6 Å². The van der Waals surface area contributed by atoms with Gasteiger partial charge in [0.05, 0.1) is 9.88 Å². The molecule has 0 saturated heterocycles. The van der Waals surface area contributed by atoms with Crippen molar-refractivity contribution in [3.8, 4) is 0 Å². The van der Waals surface area contributed by atoms with E-state index >= 15 is 0 Å². The van der Waals surface area contributed by atoms with Crippen LogP contribution in [0, 0.1) is 18.3 Å². The number of carbonyl (C=O) groups excluding carboxylic acids is 2. The first-order valence-corrected chi connectivity index (χ1v) is 8.23. The minimum Gasteiger partial charge on any atom is -0.349 e. The third-order valence-corrected chi connectivity index (χ3v) is 4.88. The van der Waals surface area contributed by atoms with Gasteiger partial charge in [-0.1, -0.05) is 20.8 Å². The van der Waals surface area contributed by atoms with Gasteiger partial charge in [-0.3, -0.25) is 9.59 Å². The summed E-state index contributed by atoms with van der Waals surface area (Å²) in [4.78, 5) is 25.0. The summed E-state index contributed by atoms with van der Waals surface area (Å²) in [6, 6.07) is 2.09. The summed E-state index contributed by atoms with van der Waals surface area (Å²) in [5.41, 5.74) is 0.463. The molecule has 1 heterocycles. The molecular formula is C16H24N2O2S. The highest BCUT2D eigenvalue weighted by molar-refractivity contribution is 7.18. The van der Waals surface area contributed by atoms with Crippen LogP contribution < -0.4 is 10.6 Å². The fourth-order valence-corrected chi connectivity index (χ4v) is 3.03. The normalized spacial score (nSPS) is 16.4. The van der Waals surface area contributed by atoms with E-state index in [9.17, 15) is 9.59 Å². The molecule has 0 spiro atoms. The molecule has 5 heteroatoms. The van der Waals surface area contributed by atoms with Crippen LogP contribution in [0.15, 0.2) is 6.07 Å². The van der Waals surface area contributed by atoms with Gasteiger partial charge in [0.2, 0.25) is 5.91 Å². The molecule has 1 aromatic heterocycles. The number of rotatable bonds is 4. The van der Waals surface area contributed by atoms with Crippen molar-refractivity contribution in [3.05, 3.63) is 16.5 Å². The van der Waals surface area contributed by atoms with Crippen molar-refractivity contribution in [1.82, 2.24) is 5.32 Å². The first-order chi connectivity index (χ1) is 9.68. The van der Waals surface area contributed by atoms with Gasteiger partial charge in [0, 0.05) is 11.5 Å². The van der Waals surface area contributed by atoms with Crippen molar-refractivity contribution < 1.29 is 9.59 Å². The van der Waals surface area contributed by atoms with E-state index in [1.165, 1.54) is 24.2 Å². The zero-order chi connectivity index (χ0) is 15.8. The quantitative estimate of drug-likeness (QED) is 0.893. The van der Waals surface area contributed by atoms with Crippen LogP contribution in [-0.4, -0.2) is 17.9 Å². The third kappa shape index (κ3) is 4.06. The van der Waals surface area contributed by atoms with E-state index in [0.29, 0.717) is 10.8 Å². The van der Waals surface area contributed by atoms with Crippen LogP contribution in [0.25, 0.3) is 0 Å². The minimum absolute atomic E-state index is 0.0341. The van der Waals surface area contributed by atoms with Gasteiger partial charge in [0.15, 0.2) is 0 Å². The van der Waals surface area contributed by atoms with Gasteiger partial charge >= 0.3 is 0 Å². The zero-order valence-corrected chi connectivity index (χ0v) is 14.2. The lowest BCUT2D eigenvalue weighted by atomic mass is 9.96. The van der Waals surface area contributed by atoms with Crippen LogP contribution in [0.3, 0.4) is 0 Å². The van der Waals surface area contributed by atoms with Gasteiger partial charge < -0.3 is 10.6 Å². The second-order valence-electron chi connectivity index (χ2n) is 6.93. The maximum Gasteiger partial charge on any atom is 0.261 e. The largest absolute Gasteiger partial charge is 0.349 e. The van der Waals surface area contributed by atoms with E-state index in [4.69, 9.17) is 0 Å². The van der Waals surface area contributed by atoms with Crippen molar-refractivity contribution in [2.24, 2.45) is 11.3 Å². The number of thiophene rings is 1. The van der Waals surface area contributed by atoms with Crippen LogP contribution in [0.4, 0.5) is 5.00 Å². The molecule has 2 rings (SSSR count). The summed E-state index contributed by atoms with van der Waals surface area (Å²) in [7, 11) is 0. The second-order valence-corrected chi connectivity index (χ2v) is 7.98. The van der Waals surface area contributed by atoms with E-state index in [2.05, 4.69) is 17.6 Å². The van der Waals surface area contributed by atoms with Crippen LogP contribution >= 0.6 is 11.3 Å². The molecular weight excluding hydrogens is 284 g/mol. The molecule has 1 atom stereocenters. The van der Waals surface area contributed by atoms with E-state index in [-0.39, 0.29) is 17.9 Å². The Balaban J connectivity index is 2.04. The molecule has 2 amide bonds. The monoisotopic (exact) mass is 308 g/mol. The Bertz CT molecular complexity index is 553. The number of anilines is 1. The van der Waals surface area contributed by atoms with Gasteiger partial charge in [-0.05, 0) is 44.2 Å². The number of amides is 2. The summed E-state index contributed by atoms with van der Waals surface area (Å²) in [5.74, 6) is 0.560. The van der Waals surface area contributed by atoms with E-state index in [1.807, 2.05) is 33.8 Å². The molecule has 1 unspecified atom stereocenters. The Morgan fingerprint density at radius 3 is 2.48 bits per heavy atom. The number of nitrogens with one attached hydrogen (secondary N) is 2. The van der Waals surface area contributed by atoms with Crippen molar-refractivity contribution >= 4 is 28.2 Å². The van der Waals surface area contributed by atoms with Crippen molar-refractivity contribution in [2.75, 3.05) is 5.32 Å². The molecule has 1 aromatic rings. The average molecular weight is 308 g/mol. The van der Waals surface area contributed by atoms with E-state index < -0.39 is 5.41 Å². The number of hydrogen-bond acceptors (Lipinski definition) is 3. The van der Waals surface area contributed by atoms with Gasteiger partial charge in [-0.25, -0.2) is 0 Å². The molecule has 1 aliphatic rings. The molecule has 116 valence electrons. The lowest BCUT2D eigenvalue weighted by molar-refractivity contribution is -0.123. The number of carbonyl (C=O) groups is 2. The molecule has 0 aromatic carbocycles. The van der Waals surface area contributed by atoms with Crippen LogP contribution in [0.1, 0.15) is 55.8 Å². The highest BCUT2D eigenvalue weighted by atomic mass is 32.1. The van der Waals surface area contributed by atoms with Crippen molar-refractivity contribution in [2.45, 2.75) is 53.5 Å². The summed E-state index contributed by atoms with van der Waals surface area (Å²) in [6.07, 6.45) is 2.41. The van der Waals surface area contributed by atoms with Gasteiger partial charge in [-0.2, -0.15) is 0 Å². The lowest BCUT2D eigenvalue weighted by Crippen LogP contribution is -2.33. The van der Waals surface area contributed by atoms with Crippen LogP contribution in [0.5, 0.6) is 0 Å². The number of aryl methyl sites for hydroxylation is 1. The Hall–Kier alpha value is -1.36. The number of hydrogen-bond donors (Lipinski definition) is 2. The highest BCUT2D eigenvalue weighted by Crippen LogP contribution is 2.33. The van der Waals surface area contributed by atoms with Gasteiger partial charge in [0.25, 0.3) is 5.91 Å². The molecule has 1 saturated carbocycles. The maximum atomic E-state index is 12.3. The predicted molar refractivity (Wildman–Crippen MR) is 86.8 cm³/mol. The summed E-state index contributed by atoms with van der Waals surface area (Å²) < 4.78 is 0.